The smallest absolute Gasteiger partial charge is 0.119 e. The van der Waals surface area contributed by atoms with Crippen LogP contribution in [0.2, 0.25) is 0 Å². The number of pyridine rings is 1. The molecular formula is C23H27NO2. The summed E-state index contributed by atoms with van der Waals surface area (Å²) in [4.78, 5) is 4.67. The van der Waals surface area contributed by atoms with Crippen molar-refractivity contribution in [3.63, 3.8) is 0 Å². The molecule has 3 aromatic rings. The number of rotatable bonds is 9. The minimum Gasteiger partial charge on any atom is -0.493 e. The number of nitrogens with zero attached hydrogens (tertiary/aromatic N) is 1. The molecule has 0 amide bonds. The highest BCUT2D eigenvalue weighted by Crippen LogP contribution is 2.23. The highest BCUT2D eigenvalue weighted by atomic mass is 16.5. The Morgan fingerprint density at radius 2 is 1.88 bits per heavy atom. The number of aromatic nitrogens is 1. The second kappa shape index (κ2) is 9.35. The Hall–Kier alpha value is -2.39. The number of para-hydroxylation sites is 1. The molecule has 0 radical (unpaired) electrons. The van der Waals surface area contributed by atoms with E-state index in [-0.39, 0.29) is 0 Å². The standard InChI is InChI=1S/C23H27NO2/c1-2-3-4-12-23(25)19-9-7-10-21(17-19)26-16-15-20-14-13-18-8-5-6-11-22(18)24-20/h5-11,13-14,17,23,25H,2-4,12,15-16H2,1H3. The van der Waals surface area contributed by atoms with E-state index in [9.17, 15) is 5.11 Å². The quantitative estimate of drug-likeness (QED) is 0.521. The summed E-state index contributed by atoms with van der Waals surface area (Å²) >= 11 is 0. The molecule has 0 aliphatic heterocycles. The highest BCUT2D eigenvalue weighted by molar-refractivity contribution is 5.78. The van der Waals surface area contributed by atoms with Gasteiger partial charge in [0.05, 0.1) is 18.2 Å². The summed E-state index contributed by atoms with van der Waals surface area (Å²) in [5.74, 6) is 0.804. The molecule has 136 valence electrons. The van der Waals surface area contributed by atoms with Gasteiger partial charge in [0.1, 0.15) is 5.75 Å². The van der Waals surface area contributed by atoms with E-state index in [0.717, 1.165) is 53.6 Å². The van der Waals surface area contributed by atoms with Gasteiger partial charge in [-0.3, -0.25) is 4.98 Å². The van der Waals surface area contributed by atoms with E-state index < -0.39 is 6.10 Å². The number of aliphatic hydroxyl groups excluding tert-OH is 1. The second-order valence-corrected chi connectivity index (χ2v) is 6.68. The van der Waals surface area contributed by atoms with Crippen LogP contribution in [-0.4, -0.2) is 16.7 Å². The summed E-state index contributed by atoms with van der Waals surface area (Å²) in [6, 6.07) is 20.1. The maximum absolute atomic E-state index is 10.3. The van der Waals surface area contributed by atoms with E-state index in [1.54, 1.807) is 0 Å². The highest BCUT2D eigenvalue weighted by Gasteiger charge is 2.08. The fourth-order valence-corrected chi connectivity index (χ4v) is 3.09. The van der Waals surface area contributed by atoms with E-state index in [4.69, 9.17) is 4.74 Å². The average molecular weight is 349 g/mol. The van der Waals surface area contributed by atoms with Gasteiger partial charge in [-0.15, -0.1) is 0 Å². The molecule has 26 heavy (non-hydrogen) atoms. The summed E-state index contributed by atoms with van der Waals surface area (Å²) in [6.45, 7) is 2.74. The SMILES string of the molecule is CCCCCC(O)c1cccc(OCCc2ccc3ccccc3n2)c1. The zero-order chi connectivity index (χ0) is 18.2. The molecule has 0 aliphatic rings. The predicted octanol–water partition coefficient (Wildman–Crippen LogP) is 5.47. The van der Waals surface area contributed by atoms with E-state index in [0.29, 0.717) is 6.61 Å². The minimum atomic E-state index is -0.410. The van der Waals surface area contributed by atoms with Crippen molar-refractivity contribution >= 4 is 10.9 Å². The maximum atomic E-state index is 10.3. The molecule has 3 rings (SSSR count). The molecule has 3 nitrogen and oxygen atoms in total. The van der Waals surface area contributed by atoms with Crippen molar-refractivity contribution in [1.82, 2.24) is 4.98 Å². The zero-order valence-electron chi connectivity index (χ0n) is 15.4. The molecule has 0 saturated carbocycles. The number of aliphatic hydroxyl groups is 1. The van der Waals surface area contributed by atoms with E-state index in [1.165, 1.54) is 6.42 Å². The van der Waals surface area contributed by atoms with Crippen LogP contribution in [-0.2, 0) is 6.42 Å². The molecule has 2 aromatic carbocycles. The molecular weight excluding hydrogens is 322 g/mol. The third-order valence-corrected chi connectivity index (χ3v) is 4.61. The third kappa shape index (κ3) is 5.06. The van der Waals surface area contributed by atoms with Gasteiger partial charge in [0, 0.05) is 17.5 Å². The lowest BCUT2D eigenvalue weighted by Gasteiger charge is -2.13. The largest absolute Gasteiger partial charge is 0.493 e. The number of ether oxygens (including phenoxy) is 1. The van der Waals surface area contributed by atoms with Gasteiger partial charge < -0.3 is 9.84 Å². The first-order valence-corrected chi connectivity index (χ1v) is 9.52. The van der Waals surface area contributed by atoms with Gasteiger partial charge in [-0.2, -0.15) is 0 Å². The van der Waals surface area contributed by atoms with Crippen molar-refractivity contribution in [3.8, 4) is 5.75 Å². The Labute approximate surface area is 155 Å². The van der Waals surface area contributed by atoms with Crippen molar-refractivity contribution in [1.29, 1.82) is 0 Å². The Balaban J connectivity index is 1.54. The van der Waals surface area contributed by atoms with Crippen LogP contribution >= 0.6 is 0 Å². The summed E-state index contributed by atoms with van der Waals surface area (Å²) in [5, 5.41) is 11.5. The normalized spacial score (nSPS) is 12.2. The molecule has 3 heteroatoms. The monoisotopic (exact) mass is 349 g/mol. The van der Waals surface area contributed by atoms with Gasteiger partial charge in [0.15, 0.2) is 0 Å². The molecule has 0 saturated heterocycles. The van der Waals surface area contributed by atoms with E-state index >= 15 is 0 Å². The average Bonchev–Trinajstić information content (AvgIpc) is 2.68. The molecule has 0 aliphatic carbocycles. The van der Waals surface area contributed by atoms with Crippen molar-refractivity contribution in [2.45, 2.75) is 45.1 Å². The fraction of sp³-hybridized carbons (Fsp3) is 0.348. The van der Waals surface area contributed by atoms with Crippen LogP contribution in [0, 0.1) is 0 Å². The number of benzene rings is 2. The Morgan fingerprint density at radius 3 is 2.77 bits per heavy atom. The summed E-state index contributed by atoms with van der Waals surface area (Å²) < 4.78 is 5.89. The van der Waals surface area contributed by atoms with Crippen LogP contribution in [0.3, 0.4) is 0 Å². The van der Waals surface area contributed by atoms with Crippen LogP contribution in [0.1, 0.15) is 50.0 Å². The molecule has 0 fully saturated rings. The number of hydrogen-bond donors (Lipinski definition) is 1. The van der Waals surface area contributed by atoms with Crippen LogP contribution in [0.5, 0.6) is 5.75 Å². The molecule has 1 atom stereocenters. The molecule has 1 unspecified atom stereocenters. The summed E-state index contributed by atoms with van der Waals surface area (Å²) in [6.07, 6.45) is 4.53. The molecule has 1 N–H and O–H groups in total. The lowest BCUT2D eigenvalue weighted by atomic mass is 10.0. The zero-order valence-corrected chi connectivity index (χ0v) is 15.4. The first-order valence-electron chi connectivity index (χ1n) is 9.52. The van der Waals surface area contributed by atoms with Gasteiger partial charge in [-0.05, 0) is 36.2 Å². The minimum absolute atomic E-state index is 0.410. The summed E-state index contributed by atoms with van der Waals surface area (Å²) in [5.41, 5.74) is 2.98. The topological polar surface area (TPSA) is 42.4 Å². The Kier molecular flexibility index (Phi) is 6.62. The first-order chi connectivity index (χ1) is 12.8. The van der Waals surface area contributed by atoms with Gasteiger partial charge in [-0.1, -0.05) is 62.6 Å². The summed E-state index contributed by atoms with van der Waals surface area (Å²) in [7, 11) is 0. The van der Waals surface area contributed by atoms with Crippen molar-refractivity contribution in [2.24, 2.45) is 0 Å². The van der Waals surface area contributed by atoms with Gasteiger partial charge in [-0.25, -0.2) is 0 Å². The lowest BCUT2D eigenvalue weighted by Crippen LogP contribution is -2.04. The first kappa shape index (κ1) is 18.4. The van der Waals surface area contributed by atoms with Crippen LogP contribution in [0.25, 0.3) is 10.9 Å². The Bertz CT molecular complexity index is 831. The molecule has 1 aromatic heterocycles. The number of unbranched alkanes of at least 4 members (excludes halogenated alkanes) is 2. The van der Waals surface area contributed by atoms with Gasteiger partial charge in [0.25, 0.3) is 0 Å². The fourth-order valence-electron chi connectivity index (χ4n) is 3.09. The molecule has 0 spiro atoms. The lowest BCUT2D eigenvalue weighted by molar-refractivity contribution is 0.163. The van der Waals surface area contributed by atoms with Crippen molar-refractivity contribution in [2.75, 3.05) is 6.61 Å². The molecule has 1 heterocycles. The van der Waals surface area contributed by atoms with Gasteiger partial charge in [0.2, 0.25) is 0 Å². The van der Waals surface area contributed by atoms with Gasteiger partial charge >= 0.3 is 0 Å². The maximum Gasteiger partial charge on any atom is 0.119 e. The Morgan fingerprint density at radius 1 is 1.00 bits per heavy atom. The van der Waals surface area contributed by atoms with E-state index in [1.807, 2.05) is 42.5 Å². The number of hydrogen-bond acceptors (Lipinski definition) is 3. The third-order valence-electron chi connectivity index (χ3n) is 4.61. The van der Waals surface area contributed by atoms with Crippen LogP contribution < -0.4 is 4.74 Å². The predicted molar refractivity (Wildman–Crippen MR) is 106 cm³/mol. The van der Waals surface area contributed by atoms with Crippen molar-refractivity contribution in [3.05, 3.63) is 71.9 Å². The van der Waals surface area contributed by atoms with Crippen LogP contribution in [0.15, 0.2) is 60.7 Å². The van der Waals surface area contributed by atoms with Crippen LogP contribution in [0.4, 0.5) is 0 Å². The van der Waals surface area contributed by atoms with Crippen molar-refractivity contribution < 1.29 is 9.84 Å². The number of fused-ring (bicyclic) bond motifs is 1. The van der Waals surface area contributed by atoms with E-state index in [2.05, 4.69) is 30.1 Å². The second-order valence-electron chi connectivity index (χ2n) is 6.68. The molecule has 0 bridgehead atoms.